The Morgan fingerprint density at radius 2 is 1.93 bits per heavy atom. The van der Waals surface area contributed by atoms with Crippen molar-refractivity contribution in [2.45, 2.75) is 13.1 Å². The van der Waals surface area contributed by atoms with Crippen molar-refractivity contribution in [2.24, 2.45) is 0 Å². The smallest absolute Gasteiger partial charge is 0.416 e. The van der Waals surface area contributed by atoms with Crippen molar-refractivity contribution in [2.75, 3.05) is 0 Å². The summed E-state index contributed by atoms with van der Waals surface area (Å²) in [7, 11) is 0. The first-order valence-corrected chi connectivity index (χ1v) is 3.88. The normalized spacial score (nSPS) is 11.4. The van der Waals surface area contributed by atoms with Crippen molar-refractivity contribution < 1.29 is 18.3 Å². The molecular formula is C10H9F3O. The van der Waals surface area contributed by atoms with E-state index in [1.807, 2.05) is 0 Å². The van der Waals surface area contributed by atoms with Crippen LogP contribution >= 0.6 is 0 Å². The molecule has 0 bridgehead atoms. The molecule has 0 unspecified atom stereocenters. The van der Waals surface area contributed by atoms with E-state index >= 15 is 0 Å². The van der Waals surface area contributed by atoms with E-state index in [-0.39, 0.29) is 5.56 Å². The summed E-state index contributed by atoms with van der Waals surface area (Å²) < 4.78 is 36.7. The van der Waals surface area contributed by atoms with Crippen LogP contribution < -0.4 is 0 Å². The SMILES string of the molecule is C=C(c1cc(C)ccc1O)C(F)(F)F. The van der Waals surface area contributed by atoms with Crippen LogP contribution in [-0.2, 0) is 0 Å². The molecule has 0 aliphatic heterocycles. The second kappa shape index (κ2) is 3.36. The third kappa shape index (κ3) is 2.07. The summed E-state index contributed by atoms with van der Waals surface area (Å²) in [6.45, 7) is 4.56. The first-order chi connectivity index (χ1) is 6.32. The Bertz CT molecular complexity index is 366. The average molecular weight is 202 g/mol. The maximum Gasteiger partial charge on any atom is 0.416 e. The van der Waals surface area contributed by atoms with Gasteiger partial charge in [-0.3, -0.25) is 0 Å². The molecule has 0 aliphatic rings. The third-order valence-electron chi connectivity index (χ3n) is 1.82. The van der Waals surface area contributed by atoms with Crippen LogP contribution in [0.3, 0.4) is 0 Å². The molecule has 1 nitrogen and oxygen atoms in total. The number of hydrogen-bond donors (Lipinski definition) is 1. The van der Waals surface area contributed by atoms with Gasteiger partial charge in [-0.05, 0) is 19.1 Å². The molecule has 0 saturated heterocycles. The molecule has 14 heavy (non-hydrogen) atoms. The molecule has 0 aliphatic carbocycles. The van der Waals surface area contributed by atoms with E-state index < -0.39 is 17.5 Å². The van der Waals surface area contributed by atoms with Crippen LogP contribution in [0.15, 0.2) is 24.8 Å². The lowest BCUT2D eigenvalue weighted by atomic mass is 10.0. The first-order valence-electron chi connectivity index (χ1n) is 3.88. The molecule has 1 rings (SSSR count). The lowest BCUT2D eigenvalue weighted by molar-refractivity contribution is -0.0687. The Labute approximate surface area is 79.5 Å². The monoisotopic (exact) mass is 202 g/mol. The zero-order chi connectivity index (χ0) is 10.9. The van der Waals surface area contributed by atoms with Crippen molar-refractivity contribution in [1.29, 1.82) is 0 Å². The van der Waals surface area contributed by atoms with E-state index in [1.54, 1.807) is 6.92 Å². The highest BCUT2D eigenvalue weighted by molar-refractivity contribution is 5.72. The van der Waals surface area contributed by atoms with Gasteiger partial charge in [0.1, 0.15) is 5.75 Å². The Morgan fingerprint density at radius 3 is 2.43 bits per heavy atom. The number of halogens is 3. The molecule has 0 aromatic heterocycles. The van der Waals surface area contributed by atoms with Crippen LogP contribution in [0.2, 0.25) is 0 Å². The predicted molar refractivity (Wildman–Crippen MR) is 47.9 cm³/mol. The quantitative estimate of drug-likeness (QED) is 0.740. The van der Waals surface area contributed by atoms with Gasteiger partial charge in [0.2, 0.25) is 0 Å². The summed E-state index contributed by atoms with van der Waals surface area (Å²) in [5.74, 6) is -0.405. The van der Waals surface area contributed by atoms with Gasteiger partial charge in [-0.15, -0.1) is 0 Å². The van der Waals surface area contributed by atoms with Gasteiger partial charge in [-0.2, -0.15) is 13.2 Å². The lowest BCUT2D eigenvalue weighted by Crippen LogP contribution is -2.09. The predicted octanol–water partition coefficient (Wildman–Crippen LogP) is 3.28. The molecule has 4 heteroatoms. The molecule has 76 valence electrons. The van der Waals surface area contributed by atoms with Crippen molar-refractivity contribution in [3.8, 4) is 5.75 Å². The number of benzene rings is 1. The van der Waals surface area contributed by atoms with Crippen LogP contribution in [0, 0.1) is 6.92 Å². The third-order valence-corrected chi connectivity index (χ3v) is 1.82. The maximum absolute atomic E-state index is 12.2. The van der Waals surface area contributed by atoms with E-state index in [0.717, 1.165) is 0 Å². The highest BCUT2D eigenvalue weighted by Crippen LogP contribution is 2.36. The minimum absolute atomic E-state index is 0.266. The fourth-order valence-electron chi connectivity index (χ4n) is 1.04. The highest BCUT2D eigenvalue weighted by atomic mass is 19.4. The standard InChI is InChI=1S/C10H9F3O/c1-6-3-4-9(14)8(5-6)7(2)10(11,12)13/h3-5,14H,2H2,1H3. The molecule has 0 radical (unpaired) electrons. The van der Waals surface area contributed by atoms with Crippen LogP contribution in [-0.4, -0.2) is 11.3 Å². The Hall–Kier alpha value is -1.45. The van der Waals surface area contributed by atoms with Gasteiger partial charge in [-0.25, -0.2) is 0 Å². The summed E-state index contributed by atoms with van der Waals surface area (Å²) >= 11 is 0. The molecule has 0 atom stereocenters. The van der Waals surface area contributed by atoms with E-state index in [0.29, 0.717) is 5.56 Å². The number of phenolic OH excluding ortho intramolecular Hbond substituents is 1. The van der Waals surface area contributed by atoms with Crippen molar-refractivity contribution in [1.82, 2.24) is 0 Å². The number of hydrogen-bond acceptors (Lipinski definition) is 1. The molecule has 1 aromatic carbocycles. The molecule has 1 aromatic rings. The van der Waals surface area contributed by atoms with E-state index in [4.69, 9.17) is 0 Å². The van der Waals surface area contributed by atoms with Crippen molar-refractivity contribution in [3.63, 3.8) is 0 Å². The van der Waals surface area contributed by atoms with Gasteiger partial charge in [0.05, 0.1) is 5.57 Å². The highest BCUT2D eigenvalue weighted by Gasteiger charge is 2.34. The van der Waals surface area contributed by atoms with Crippen molar-refractivity contribution >= 4 is 5.57 Å². The van der Waals surface area contributed by atoms with Gasteiger partial charge in [-0.1, -0.05) is 18.2 Å². The molecule has 1 N–H and O–H groups in total. The fraction of sp³-hybridized carbons (Fsp3) is 0.200. The van der Waals surface area contributed by atoms with Crippen LogP contribution in [0.1, 0.15) is 11.1 Å². The van der Waals surface area contributed by atoms with E-state index in [9.17, 15) is 18.3 Å². The molecule has 0 spiro atoms. The summed E-state index contributed by atoms with van der Waals surface area (Å²) in [5.41, 5.74) is -0.653. The van der Waals surface area contributed by atoms with Crippen LogP contribution in [0.25, 0.3) is 5.57 Å². The number of alkyl halides is 3. The molecule has 0 heterocycles. The number of rotatable bonds is 1. The number of allylic oxidation sites excluding steroid dienone is 1. The Morgan fingerprint density at radius 1 is 1.36 bits per heavy atom. The van der Waals surface area contributed by atoms with Gasteiger partial charge >= 0.3 is 6.18 Å². The average Bonchev–Trinajstić information content (AvgIpc) is 2.06. The van der Waals surface area contributed by atoms with E-state index in [2.05, 4.69) is 6.58 Å². The Balaban J connectivity index is 3.19. The second-order valence-corrected chi connectivity index (χ2v) is 3.00. The largest absolute Gasteiger partial charge is 0.507 e. The second-order valence-electron chi connectivity index (χ2n) is 3.00. The molecule has 0 saturated carbocycles. The zero-order valence-corrected chi connectivity index (χ0v) is 7.52. The molecule has 0 fully saturated rings. The fourth-order valence-corrected chi connectivity index (χ4v) is 1.04. The minimum atomic E-state index is -4.51. The van der Waals surface area contributed by atoms with Gasteiger partial charge in [0, 0.05) is 5.56 Å². The van der Waals surface area contributed by atoms with Gasteiger partial charge in [0.25, 0.3) is 0 Å². The minimum Gasteiger partial charge on any atom is -0.507 e. The summed E-state index contributed by atoms with van der Waals surface area (Å²) in [4.78, 5) is 0. The molecule has 0 amide bonds. The maximum atomic E-state index is 12.2. The van der Waals surface area contributed by atoms with Gasteiger partial charge < -0.3 is 5.11 Å². The molecular weight excluding hydrogens is 193 g/mol. The van der Waals surface area contributed by atoms with Crippen LogP contribution in [0.4, 0.5) is 13.2 Å². The first kappa shape index (κ1) is 10.6. The number of aromatic hydroxyl groups is 1. The summed E-state index contributed by atoms with van der Waals surface area (Å²) in [6, 6.07) is 4.01. The van der Waals surface area contributed by atoms with Crippen molar-refractivity contribution in [3.05, 3.63) is 35.9 Å². The number of phenols is 1. The topological polar surface area (TPSA) is 20.2 Å². The van der Waals surface area contributed by atoms with Crippen LogP contribution in [0.5, 0.6) is 5.75 Å². The zero-order valence-electron chi connectivity index (χ0n) is 7.52. The van der Waals surface area contributed by atoms with Gasteiger partial charge in [0.15, 0.2) is 0 Å². The number of aryl methyl sites for hydroxylation is 1. The Kier molecular flexibility index (Phi) is 2.55. The summed E-state index contributed by atoms with van der Waals surface area (Å²) in [6.07, 6.45) is -4.51. The van der Waals surface area contributed by atoms with E-state index in [1.165, 1.54) is 18.2 Å². The summed E-state index contributed by atoms with van der Waals surface area (Å²) in [5, 5.41) is 9.21. The lowest BCUT2D eigenvalue weighted by Gasteiger charge is -2.12.